The van der Waals surface area contributed by atoms with E-state index in [1.807, 2.05) is 40.2 Å². The lowest BCUT2D eigenvalue weighted by atomic mass is 10.1. The maximum atomic E-state index is 13.9. The fraction of sp³-hybridized carbons (Fsp3) is 0.433. The number of carbonyl (C=O) groups is 2. The average molecular weight is 664 g/mol. The molecule has 3 aromatic rings. The number of carbonyl (C=O) groups excluding carboxylic acids is 2. The number of aromatic nitrogens is 2. The van der Waals surface area contributed by atoms with Gasteiger partial charge in [0.05, 0.1) is 29.9 Å². The molecule has 2 N–H and O–H groups in total. The number of methoxy groups -OCH3 is 2. The zero-order chi connectivity index (χ0) is 33.8. The standard InChI is InChI=1S/C30H39F2N7O6S/c1-19(18-44-5)33-26-16-22(37(4)12-11-36(2)3)7-8-24(26)29(40)34-28-25-17-38(10-9-27(25)39(35-28)30(41)45-6)46(42,43)23-14-20(31)13-21(32)15-23/h7-8,13-16,19,33H,9-12,17-18H2,1-6H3,(H,34,35,40). The molecule has 2 heterocycles. The van der Waals surface area contributed by atoms with Crippen LogP contribution in [0.4, 0.5) is 30.8 Å². The van der Waals surface area contributed by atoms with E-state index in [-0.39, 0.29) is 42.5 Å². The number of ether oxygens (including phenoxy) is 2. The highest BCUT2D eigenvalue weighted by Gasteiger charge is 2.35. The van der Waals surface area contributed by atoms with Crippen LogP contribution in [0.15, 0.2) is 41.3 Å². The summed E-state index contributed by atoms with van der Waals surface area (Å²) in [6.07, 6.45) is -0.819. The van der Waals surface area contributed by atoms with Crippen molar-refractivity contribution in [1.82, 2.24) is 19.0 Å². The first kappa shape index (κ1) is 34.7. The maximum absolute atomic E-state index is 13.9. The topological polar surface area (TPSA) is 138 Å². The number of hydrogen-bond donors (Lipinski definition) is 2. The van der Waals surface area contributed by atoms with Crippen molar-refractivity contribution < 1.29 is 36.3 Å². The van der Waals surface area contributed by atoms with Gasteiger partial charge in [-0.3, -0.25) is 4.79 Å². The van der Waals surface area contributed by atoms with Crippen molar-refractivity contribution in [1.29, 1.82) is 0 Å². The molecule has 1 atom stereocenters. The van der Waals surface area contributed by atoms with E-state index >= 15 is 0 Å². The molecule has 16 heteroatoms. The van der Waals surface area contributed by atoms with Gasteiger partial charge in [-0.2, -0.15) is 8.99 Å². The van der Waals surface area contributed by atoms with E-state index in [2.05, 4.69) is 25.5 Å². The average Bonchev–Trinajstić information content (AvgIpc) is 3.36. The molecule has 0 spiro atoms. The van der Waals surface area contributed by atoms with Crippen molar-refractivity contribution in [2.24, 2.45) is 0 Å². The Labute approximate surface area is 267 Å². The van der Waals surface area contributed by atoms with Crippen LogP contribution < -0.4 is 15.5 Å². The molecule has 1 aromatic heterocycles. The van der Waals surface area contributed by atoms with Crippen LogP contribution in [0.3, 0.4) is 0 Å². The minimum atomic E-state index is -4.35. The molecule has 0 fully saturated rings. The van der Waals surface area contributed by atoms with Crippen LogP contribution in [0.5, 0.6) is 0 Å². The van der Waals surface area contributed by atoms with Crippen molar-refractivity contribution in [2.75, 3.05) is 77.1 Å². The lowest BCUT2D eigenvalue weighted by Gasteiger charge is -2.27. The first-order valence-electron chi connectivity index (χ1n) is 14.5. The molecule has 46 heavy (non-hydrogen) atoms. The van der Waals surface area contributed by atoms with E-state index in [0.29, 0.717) is 24.1 Å². The van der Waals surface area contributed by atoms with Gasteiger partial charge in [-0.15, -0.1) is 5.10 Å². The first-order chi connectivity index (χ1) is 21.7. The Bertz CT molecular complexity index is 1680. The number of sulfonamides is 1. The maximum Gasteiger partial charge on any atom is 0.434 e. The van der Waals surface area contributed by atoms with E-state index in [1.54, 1.807) is 13.2 Å². The zero-order valence-electron chi connectivity index (χ0n) is 26.6. The van der Waals surface area contributed by atoms with Crippen LogP contribution in [0.2, 0.25) is 0 Å². The van der Waals surface area contributed by atoms with E-state index in [0.717, 1.165) is 39.9 Å². The summed E-state index contributed by atoms with van der Waals surface area (Å²) in [4.78, 5) is 29.9. The van der Waals surface area contributed by atoms with Crippen LogP contribution in [-0.4, -0.2) is 107 Å². The highest BCUT2D eigenvalue weighted by molar-refractivity contribution is 7.89. The number of likely N-dealkylation sites (N-methyl/N-ethyl adjacent to an activating group) is 2. The van der Waals surface area contributed by atoms with Crippen LogP contribution in [0.1, 0.15) is 28.5 Å². The number of nitrogens with zero attached hydrogens (tertiary/aromatic N) is 5. The molecule has 0 saturated heterocycles. The highest BCUT2D eigenvalue weighted by Crippen LogP contribution is 2.32. The Morgan fingerprint density at radius 3 is 2.39 bits per heavy atom. The van der Waals surface area contributed by atoms with Gasteiger partial charge in [-0.1, -0.05) is 0 Å². The second kappa shape index (κ2) is 14.5. The number of hydrogen-bond acceptors (Lipinski definition) is 10. The van der Waals surface area contributed by atoms with Gasteiger partial charge >= 0.3 is 6.09 Å². The largest absolute Gasteiger partial charge is 0.451 e. The molecule has 0 bridgehead atoms. The SMILES string of the molecule is COCC(C)Nc1cc(N(C)CCN(C)C)ccc1C(=O)Nc1nn(C(=O)OC)c2c1CN(S(=O)(=O)c1cc(F)cc(F)c1)CC2. The van der Waals surface area contributed by atoms with Gasteiger partial charge in [0, 0.05) is 75.8 Å². The minimum Gasteiger partial charge on any atom is -0.451 e. The van der Waals surface area contributed by atoms with Crippen LogP contribution in [0, 0.1) is 11.6 Å². The van der Waals surface area contributed by atoms with Gasteiger partial charge in [0.25, 0.3) is 5.91 Å². The van der Waals surface area contributed by atoms with Gasteiger partial charge in [0.15, 0.2) is 5.82 Å². The smallest absolute Gasteiger partial charge is 0.434 e. The molecule has 1 amide bonds. The molecule has 2 aromatic carbocycles. The Morgan fingerprint density at radius 1 is 1.07 bits per heavy atom. The molecule has 1 unspecified atom stereocenters. The quantitative estimate of drug-likeness (QED) is 0.297. The summed E-state index contributed by atoms with van der Waals surface area (Å²) in [5, 5.41) is 10.3. The van der Waals surface area contributed by atoms with Gasteiger partial charge in [0.2, 0.25) is 10.0 Å². The third-order valence-electron chi connectivity index (χ3n) is 7.47. The molecule has 1 aliphatic rings. The monoisotopic (exact) mass is 663 g/mol. The van der Waals surface area contributed by atoms with E-state index < -0.39 is 38.6 Å². The summed E-state index contributed by atoms with van der Waals surface area (Å²) < 4.78 is 66.7. The van der Waals surface area contributed by atoms with Crippen LogP contribution in [-0.2, 0) is 32.5 Å². The Kier molecular flexibility index (Phi) is 11.0. The van der Waals surface area contributed by atoms with Gasteiger partial charge in [0.1, 0.15) is 11.6 Å². The van der Waals surface area contributed by atoms with Crippen LogP contribution in [0.25, 0.3) is 0 Å². The number of anilines is 3. The summed E-state index contributed by atoms with van der Waals surface area (Å²) in [5.41, 5.74) is 2.24. The summed E-state index contributed by atoms with van der Waals surface area (Å²) >= 11 is 0. The number of benzene rings is 2. The molecule has 13 nitrogen and oxygen atoms in total. The van der Waals surface area contributed by atoms with Crippen molar-refractivity contribution in [3.05, 3.63) is 64.9 Å². The van der Waals surface area contributed by atoms with Crippen molar-refractivity contribution >= 4 is 39.2 Å². The molecule has 4 rings (SSSR count). The number of rotatable bonds is 12. The molecule has 0 saturated carbocycles. The zero-order valence-corrected chi connectivity index (χ0v) is 27.5. The third-order valence-corrected chi connectivity index (χ3v) is 9.29. The van der Waals surface area contributed by atoms with Crippen LogP contribution >= 0.6 is 0 Å². The number of fused-ring (bicyclic) bond motifs is 1. The van der Waals surface area contributed by atoms with E-state index in [9.17, 15) is 26.8 Å². The summed E-state index contributed by atoms with van der Waals surface area (Å²) in [5.74, 6) is -2.71. The van der Waals surface area contributed by atoms with Crippen molar-refractivity contribution in [2.45, 2.75) is 30.8 Å². The highest BCUT2D eigenvalue weighted by atomic mass is 32.2. The predicted molar refractivity (Wildman–Crippen MR) is 169 cm³/mol. The normalized spacial score (nSPS) is 14.1. The summed E-state index contributed by atoms with van der Waals surface area (Å²) in [6, 6.07) is 7.21. The van der Waals surface area contributed by atoms with Gasteiger partial charge in [-0.25, -0.2) is 22.0 Å². The lowest BCUT2D eigenvalue weighted by molar-refractivity contribution is 0.102. The lowest BCUT2D eigenvalue weighted by Crippen LogP contribution is -2.37. The van der Waals surface area contributed by atoms with Crippen molar-refractivity contribution in [3.8, 4) is 0 Å². The minimum absolute atomic E-state index is 0.0135. The summed E-state index contributed by atoms with van der Waals surface area (Å²) in [6.45, 7) is 3.40. The molecule has 1 aliphatic heterocycles. The Morgan fingerprint density at radius 2 is 1.76 bits per heavy atom. The third kappa shape index (κ3) is 7.81. The second-order valence-electron chi connectivity index (χ2n) is 11.3. The summed E-state index contributed by atoms with van der Waals surface area (Å²) in [7, 11) is 4.31. The molecule has 0 aliphatic carbocycles. The molecular formula is C30H39F2N7O6S. The number of nitrogens with one attached hydrogen (secondary N) is 2. The molecular weight excluding hydrogens is 624 g/mol. The van der Waals surface area contributed by atoms with Gasteiger partial charge in [-0.05, 0) is 51.4 Å². The van der Waals surface area contributed by atoms with E-state index in [4.69, 9.17) is 9.47 Å². The van der Waals surface area contributed by atoms with Crippen molar-refractivity contribution in [3.63, 3.8) is 0 Å². The number of amides is 1. The first-order valence-corrected chi connectivity index (χ1v) is 15.9. The number of halogens is 2. The molecule has 250 valence electrons. The fourth-order valence-corrected chi connectivity index (χ4v) is 6.51. The predicted octanol–water partition coefficient (Wildman–Crippen LogP) is 3.22. The van der Waals surface area contributed by atoms with Gasteiger partial charge < -0.3 is 29.9 Å². The molecule has 0 radical (unpaired) electrons. The Balaban J connectivity index is 1.69. The second-order valence-corrected chi connectivity index (χ2v) is 13.2. The Hall–Kier alpha value is -4.12. The fourth-order valence-electron chi connectivity index (χ4n) is 5.06. The van der Waals surface area contributed by atoms with E-state index in [1.165, 1.54) is 7.11 Å².